The predicted molar refractivity (Wildman–Crippen MR) is 86.7 cm³/mol. The maximum atomic E-state index is 12.8. The van der Waals surface area contributed by atoms with E-state index in [-0.39, 0.29) is 11.7 Å². The molecule has 2 aromatic carbocycles. The van der Waals surface area contributed by atoms with Crippen LogP contribution >= 0.6 is 0 Å². The highest BCUT2D eigenvalue weighted by Gasteiger charge is 2.14. The highest BCUT2D eigenvalue weighted by molar-refractivity contribution is 6.04. The van der Waals surface area contributed by atoms with Crippen LogP contribution in [-0.4, -0.2) is 11.9 Å². The van der Waals surface area contributed by atoms with Crippen LogP contribution in [0.25, 0.3) is 0 Å². The molecule has 0 atom stereocenters. The van der Waals surface area contributed by atoms with Crippen LogP contribution in [0.2, 0.25) is 0 Å². The van der Waals surface area contributed by atoms with Crippen LogP contribution in [0.1, 0.15) is 36.0 Å². The van der Waals surface area contributed by atoms with Gasteiger partial charge in [0.05, 0.1) is 0 Å². The molecule has 1 fully saturated rings. The van der Waals surface area contributed by atoms with Crippen LogP contribution in [0.15, 0.2) is 48.5 Å². The van der Waals surface area contributed by atoms with Crippen molar-refractivity contribution in [1.82, 2.24) is 0 Å². The molecule has 0 heterocycles. The van der Waals surface area contributed by atoms with E-state index in [4.69, 9.17) is 0 Å². The Morgan fingerprint density at radius 1 is 0.909 bits per heavy atom. The molecule has 114 valence electrons. The summed E-state index contributed by atoms with van der Waals surface area (Å²) in [6, 6.07) is 13.8. The summed E-state index contributed by atoms with van der Waals surface area (Å²) in [6.45, 7) is 0. The summed E-state index contributed by atoms with van der Waals surface area (Å²) in [7, 11) is 0. The van der Waals surface area contributed by atoms with E-state index in [1.807, 2.05) is 24.3 Å². The van der Waals surface area contributed by atoms with Gasteiger partial charge >= 0.3 is 0 Å². The molecule has 0 spiro atoms. The van der Waals surface area contributed by atoms with Crippen molar-refractivity contribution in [2.45, 2.75) is 31.7 Å². The Labute approximate surface area is 129 Å². The zero-order valence-corrected chi connectivity index (χ0v) is 12.3. The average Bonchev–Trinajstić information content (AvgIpc) is 3.03. The van der Waals surface area contributed by atoms with Crippen LogP contribution in [0.4, 0.5) is 15.8 Å². The molecule has 4 heteroatoms. The van der Waals surface area contributed by atoms with Crippen LogP contribution < -0.4 is 10.6 Å². The number of benzene rings is 2. The summed E-state index contributed by atoms with van der Waals surface area (Å²) in [6.07, 6.45) is 5.04. The van der Waals surface area contributed by atoms with E-state index in [1.54, 1.807) is 0 Å². The number of halogens is 1. The monoisotopic (exact) mass is 298 g/mol. The topological polar surface area (TPSA) is 41.1 Å². The normalized spacial score (nSPS) is 14.8. The van der Waals surface area contributed by atoms with Gasteiger partial charge in [0.15, 0.2) is 0 Å². The minimum atomic E-state index is -0.348. The number of hydrogen-bond donors (Lipinski definition) is 2. The van der Waals surface area contributed by atoms with Crippen LogP contribution in [0, 0.1) is 5.82 Å². The molecule has 3 rings (SSSR count). The fraction of sp³-hybridized carbons (Fsp3) is 0.278. The summed E-state index contributed by atoms with van der Waals surface area (Å²) in [5.74, 6) is -0.588. The molecule has 1 saturated carbocycles. The smallest absolute Gasteiger partial charge is 0.255 e. The lowest BCUT2D eigenvalue weighted by molar-refractivity contribution is 0.102. The van der Waals surface area contributed by atoms with Gasteiger partial charge in [0.1, 0.15) is 5.82 Å². The molecule has 22 heavy (non-hydrogen) atoms. The maximum absolute atomic E-state index is 12.8. The Morgan fingerprint density at radius 2 is 1.50 bits per heavy atom. The lowest BCUT2D eigenvalue weighted by atomic mass is 10.2. The molecule has 0 unspecified atom stereocenters. The Morgan fingerprint density at radius 3 is 2.14 bits per heavy atom. The fourth-order valence-electron chi connectivity index (χ4n) is 2.76. The molecule has 3 nitrogen and oxygen atoms in total. The maximum Gasteiger partial charge on any atom is 0.255 e. The highest BCUT2D eigenvalue weighted by atomic mass is 19.1. The SMILES string of the molecule is O=C(Nc1ccc(NC2CCCC2)cc1)c1ccc(F)cc1. The molecule has 0 aliphatic heterocycles. The van der Waals surface area contributed by atoms with E-state index in [1.165, 1.54) is 49.9 Å². The lowest BCUT2D eigenvalue weighted by Crippen LogP contribution is -2.14. The zero-order chi connectivity index (χ0) is 15.4. The number of hydrogen-bond acceptors (Lipinski definition) is 2. The Bertz CT molecular complexity index is 631. The summed E-state index contributed by atoms with van der Waals surface area (Å²) >= 11 is 0. The van der Waals surface area contributed by atoms with Gasteiger partial charge in [-0.3, -0.25) is 4.79 Å². The third-order valence-electron chi connectivity index (χ3n) is 3.98. The van der Waals surface area contributed by atoms with Gasteiger partial charge in [-0.05, 0) is 61.4 Å². The van der Waals surface area contributed by atoms with Gasteiger partial charge < -0.3 is 10.6 Å². The van der Waals surface area contributed by atoms with Crippen molar-refractivity contribution in [3.05, 3.63) is 59.9 Å². The van der Waals surface area contributed by atoms with Crippen molar-refractivity contribution >= 4 is 17.3 Å². The second-order valence-electron chi connectivity index (χ2n) is 5.66. The average molecular weight is 298 g/mol. The van der Waals surface area contributed by atoms with Gasteiger partial charge in [0.25, 0.3) is 5.91 Å². The van der Waals surface area contributed by atoms with E-state index in [0.717, 1.165) is 11.4 Å². The van der Waals surface area contributed by atoms with Gasteiger partial charge in [-0.1, -0.05) is 12.8 Å². The summed E-state index contributed by atoms with van der Waals surface area (Å²) in [5, 5.41) is 6.31. The Kier molecular flexibility index (Phi) is 4.37. The van der Waals surface area contributed by atoms with Crippen LogP contribution in [-0.2, 0) is 0 Å². The molecule has 2 aromatic rings. The van der Waals surface area contributed by atoms with Crippen molar-refractivity contribution in [3.8, 4) is 0 Å². The predicted octanol–water partition coefficient (Wildman–Crippen LogP) is 4.43. The van der Waals surface area contributed by atoms with E-state index in [9.17, 15) is 9.18 Å². The van der Waals surface area contributed by atoms with Crippen molar-refractivity contribution < 1.29 is 9.18 Å². The van der Waals surface area contributed by atoms with E-state index in [0.29, 0.717) is 11.6 Å². The van der Waals surface area contributed by atoms with Gasteiger partial charge in [0.2, 0.25) is 0 Å². The molecule has 2 N–H and O–H groups in total. The van der Waals surface area contributed by atoms with E-state index in [2.05, 4.69) is 10.6 Å². The second-order valence-corrected chi connectivity index (χ2v) is 5.66. The van der Waals surface area contributed by atoms with Crippen LogP contribution in [0.5, 0.6) is 0 Å². The van der Waals surface area contributed by atoms with E-state index < -0.39 is 0 Å². The molecule has 0 bridgehead atoms. The largest absolute Gasteiger partial charge is 0.382 e. The number of carbonyl (C=O) groups is 1. The lowest BCUT2D eigenvalue weighted by Gasteiger charge is -2.14. The summed E-state index contributed by atoms with van der Waals surface area (Å²) in [4.78, 5) is 12.0. The quantitative estimate of drug-likeness (QED) is 0.876. The van der Waals surface area contributed by atoms with Crippen molar-refractivity contribution in [2.24, 2.45) is 0 Å². The standard InChI is InChI=1S/C18H19FN2O/c19-14-7-5-13(6-8-14)18(22)21-17-11-9-16(10-12-17)20-15-3-1-2-4-15/h5-12,15,20H,1-4H2,(H,21,22). The third kappa shape index (κ3) is 3.64. The molecular formula is C18H19FN2O. The summed E-state index contributed by atoms with van der Waals surface area (Å²) in [5.41, 5.74) is 2.24. The third-order valence-corrected chi connectivity index (χ3v) is 3.98. The first-order valence-electron chi connectivity index (χ1n) is 7.64. The molecule has 0 aromatic heterocycles. The molecule has 0 saturated heterocycles. The fourth-order valence-corrected chi connectivity index (χ4v) is 2.76. The minimum absolute atomic E-state index is 0.239. The van der Waals surface area contributed by atoms with Crippen LogP contribution in [0.3, 0.4) is 0 Å². The molecule has 1 aliphatic rings. The molecule has 1 aliphatic carbocycles. The molecule has 1 amide bonds. The first kappa shape index (κ1) is 14.6. The number of rotatable bonds is 4. The van der Waals surface area contributed by atoms with Crippen molar-refractivity contribution in [2.75, 3.05) is 10.6 Å². The second kappa shape index (κ2) is 6.60. The highest BCUT2D eigenvalue weighted by Crippen LogP contribution is 2.23. The van der Waals surface area contributed by atoms with Gasteiger partial charge in [-0.2, -0.15) is 0 Å². The number of amides is 1. The van der Waals surface area contributed by atoms with Crippen molar-refractivity contribution in [3.63, 3.8) is 0 Å². The first-order chi connectivity index (χ1) is 10.7. The Balaban J connectivity index is 1.60. The number of nitrogens with one attached hydrogen (secondary N) is 2. The van der Waals surface area contributed by atoms with Gasteiger partial charge in [0, 0.05) is 23.0 Å². The molecular weight excluding hydrogens is 279 g/mol. The molecule has 0 radical (unpaired) electrons. The van der Waals surface area contributed by atoms with Gasteiger partial charge in [-0.15, -0.1) is 0 Å². The van der Waals surface area contributed by atoms with E-state index >= 15 is 0 Å². The summed E-state index contributed by atoms with van der Waals surface area (Å²) < 4.78 is 12.8. The minimum Gasteiger partial charge on any atom is -0.382 e. The number of anilines is 2. The zero-order valence-electron chi connectivity index (χ0n) is 12.3. The first-order valence-corrected chi connectivity index (χ1v) is 7.64. The Hall–Kier alpha value is -2.36. The van der Waals surface area contributed by atoms with Gasteiger partial charge in [-0.25, -0.2) is 4.39 Å². The van der Waals surface area contributed by atoms with Crippen molar-refractivity contribution in [1.29, 1.82) is 0 Å². The number of carbonyl (C=O) groups excluding carboxylic acids is 1.